The Hall–Kier alpha value is -5.89. The van der Waals surface area contributed by atoms with E-state index >= 15 is 0 Å². The number of carbonyl (C=O) groups excluding carboxylic acids is 3. The molecule has 248 valence electrons. The van der Waals surface area contributed by atoms with E-state index in [1.165, 1.54) is 7.11 Å². The molecule has 0 spiro atoms. The fourth-order valence-electron chi connectivity index (χ4n) is 6.15. The molecule has 1 aliphatic carbocycles. The predicted molar refractivity (Wildman–Crippen MR) is 187 cm³/mol. The van der Waals surface area contributed by atoms with E-state index in [1.54, 1.807) is 0 Å². The van der Waals surface area contributed by atoms with Crippen LogP contribution in [-0.4, -0.2) is 43.8 Å². The minimum Gasteiger partial charge on any atom is -0.489 e. The van der Waals surface area contributed by atoms with Crippen LogP contribution in [-0.2, 0) is 38.5 Å². The van der Waals surface area contributed by atoms with Crippen LogP contribution in [0, 0.1) is 0 Å². The minimum absolute atomic E-state index is 0.0977. The van der Waals surface area contributed by atoms with E-state index in [-0.39, 0.29) is 25.4 Å². The third-order valence-corrected chi connectivity index (χ3v) is 8.65. The van der Waals surface area contributed by atoms with Crippen LogP contribution in [0.25, 0.3) is 11.1 Å². The van der Waals surface area contributed by atoms with Crippen molar-refractivity contribution < 1.29 is 28.6 Å². The lowest BCUT2D eigenvalue weighted by molar-refractivity contribution is -0.145. The fourth-order valence-corrected chi connectivity index (χ4v) is 6.15. The summed E-state index contributed by atoms with van der Waals surface area (Å²) in [6.45, 7) is 0.519. The van der Waals surface area contributed by atoms with E-state index in [0.29, 0.717) is 12.4 Å². The number of esters is 1. The molecule has 0 aromatic heterocycles. The third-order valence-electron chi connectivity index (χ3n) is 8.65. The first-order chi connectivity index (χ1) is 24.0. The maximum Gasteiger partial charge on any atom is 0.407 e. The Morgan fingerprint density at radius 3 is 1.76 bits per heavy atom. The molecule has 0 saturated heterocycles. The molecule has 0 heterocycles. The number of hydrogen-bond acceptors (Lipinski definition) is 6. The van der Waals surface area contributed by atoms with E-state index < -0.39 is 30.1 Å². The quantitative estimate of drug-likeness (QED) is 0.139. The number of rotatable bonds is 13. The summed E-state index contributed by atoms with van der Waals surface area (Å²) in [6, 6.07) is 40.7. The Balaban J connectivity index is 1.16. The molecule has 0 radical (unpaired) electrons. The van der Waals surface area contributed by atoms with Crippen molar-refractivity contribution in [1.29, 1.82) is 0 Å². The Morgan fingerprint density at radius 2 is 1.14 bits per heavy atom. The molecule has 0 fully saturated rings. The van der Waals surface area contributed by atoms with Crippen molar-refractivity contribution in [3.63, 3.8) is 0 Å². The molecule has 5 aromatic rings. The lowest BCUT2D eigenvalue weighted by Gasteiger charge is -2.23. The van der Waals surface area contributed by atoms with Crippen LogP contribution in [0.15, 0.2) is 133 Å². The number of methoxy groups -OCH3 is 1. The topological polar surface area (TPSA) is 103 Å². The van der Waals surface area contributed by atoms with Gasteiger partial charge in [0.25, 0.3) is 0 Å². The van der Waals surface area contributed by atoms with Gasteiger partial charge in [-0.05, 0) is 51.1 Å². The zero-order chi connectivity index (χ0) is 34.0. The number of alkyl carbamates (subject to hydrolysis) is 1. The Bertz CT molecular complexity index is 1830. The summed E-state index contributed by atoms with van der Waals surface area (Å²) >= 11 is 0. The van der Waals surface area contributed by atoms with Gasteiger partial charge in [-0.3, -0.25) is 4.79 Å². The SMILES string of the molecule is COC(=O)[C@H](Cc1ccccc1)NC(=O)[C@H](Cc1ccc(OCc2ccccc2)cc1)NC(=O)OCC1c2ccccc2-c2ccccc21. The first-order valence-corrected chi connectivity index (χ1v) is 16.3. The van der Waals surface area contributed by atoms with Gasteiger partial charge in [-0.25, -0.2) is 9.59 Å². The normalized spacial score (nSPS) is 12.9. The second-order valence-corrected chi connectivity index (χ2v) is 11.9. The molecule has 0 aliphatic heterocycles. The Labute approximate surface area is 286 Å². The average Bonchev–Trinajstić information content (AvgIpc) is 3.47. The second kappa shape index (κ2) is 15.8. The molecule has 5 aromatic carbocycles. The van der Waals surface area contributed by atoms with Gasteiger partial charge in [0.15, 0.2) is 0 Å². The molecule has 49 heavy (non-hydrogen) atoms. The number of fused-ring (bicyclic) bond motifs is 3. The van der Waals surface area contributed by atoms with Crippen molar-refractivity contribution in [3.05, 3.63) is 161 Å². The zero-order valence-electron chi connectivity index (χ0n) is 27.2. The van der Waals surface area contributed by atoms with Crippen LogP contribution >= 0.6 is 0 Å². The summed E-state index contributed by atoms with van der Waals surface area (Å²) in [4.78, 5) is 39.9. The molecular weight excluding hydrogens is 616 g/mol. The number of carbonyl (C=O) groups is 3. The molecule has 0 unspecified atom stereocenters. The first kappa shape index (κ1) is 33.0. The average molecular weight is 655 g/mol. The molecule has 2 amide bonds. The number of benzene rings is 5. The first-order valence-electron chi connectivity index (χ1n) is 16.3. The molecule has 1 aliphatic rings. The number of hydrogen-bond donors (Lipinski definition) is 2. The van der Waals surface area contributed by atoms with E-state index in [2.05, 4.69) is 22.8 Å². The van der Waals surface area contributed by atoms with Crippen LogP contribution in [0.2, 0.25) is 0 Å². The maximum atomic E-state index is 13.8. The van der Waals surface area contributed by atoms with Crippen molar-refractivity contribution in [2.24, 2.45) is 0 Å². The summed E-state index contributed by atoms with van der Waals surface area (Å²) in [6.07, 6.45) is -0.360. The smallest absolute Gasteiger partial charge is 0.407 e. The number of nitrogens with one attached hydrogen (secondary N) is 2. The standard InChI is InChI=1S/C41H38N2O6/c1-47-40(45)38(25-28-12-4-2-5-13-28)42-39(44)37(24-29-20-22-31(23-21-29)48-26-30-14-6-3-7-15-30)43-41(46)49-27-36-34-18-10-8-16-32(34)33-17-9-11-19-35(33)36/h2-23,36-38H,24-27H2,1H3,(H,42,44)(H,43,46)/t37-,38-/m0/s1. The Kier molecular flexibility index (Phi) is 10.7. The van der Waals surface area contributed by atoms with Crippen molar-refractivity contribution >= 4 is 18.0 Å². The molecule has 8 heteroatoms. The van der Waals surface area contributed by atoms with Gasteiger partial charge in [0, 0.05) is 18.8 Å². The number of ether oxygens (including phenoxy) is 3. The van der Waals surface area contributed by atoms with Crippen LogP contribution in [0.5, 0.6) is 5.75 Å². The summed E-state index contributed by atoms with van der Waals surface area (Å²) < 4.78 is 16.7. The minimum atomic E-state index is -1.05. The van der Waals surface area contributed by atoms with Crippen molar-refractivity contribution in [1.82, 2.24) is 10.6 Å². The van der Waals surface area contributed by atoms with Gasteiger partial charge in [-0.2, -0.15) is 0 Å². The maximum absolute atomic E-state index is 13.8. The van der Waals surface area contributed by atoms with Gasteiger partial charge in [0.2, 0.25) is 5.91 Å². The van der Waals surface area contributed by atoms with Crippen molar-refractivity contribution in [2.75, 3.05) is 13.7 Å². The van der Waals surface area contributed by atoms with E-state index in [9.17, 15) is 14.4 Å². The van der Waals surface area contributed by atoms with Gasteiger partial charge < -0.3 is 24.8 Å². The predicted octanol–water partition coefficient (Wildman–Crippen LogP) is 6.62. The second-order valence-electron chi connectivity index (χ2n) is 11.9. The number of amides is 2. The molecule has 8 nitrogen and oxygen atoms in total. The molecule has 0 saturated carbocycles. The molecule has 0 bridgehead atoms. The monoisotopic (exact) mass is 654 g/mol. The van der Waals surface area contributed by atoms with E-state index in [1.807, 2.05) is 121 Å². The van der Waals surface area contributed by atoms with Crippen LogP contribution in [0.3, 0.4) is 0 Å². The van der Waals surface area contributed by atoms with Gasteiger partial charge >= 0.3 is 12.1 Å². The van der Waals surface area contributed by atoms with Crippen molar-refractivity contribution in [2.45, 2.75) is 37.5 Å². The largest absolute Gasteiger partial charge is 0.489 e. The molecule has 2 N–H and O–H groups in total. The summed E-state index contributed by atoms with van der Waals surface area (Å²) in [7, 11) is 1.28. The highest BCUT2D eigenvalue weighted by atomic mass is 16.5. The highest BCUT2D eigenvalue weighted by Crippen LogP contribution is 2.44. The van der Waals surface area contributed by atoms with Crippen LogP contribution in [0.1, 0.15) is 33.7 Å². The molecule has 6 rings (SSSR count). The van der Waals surface area contributed by atoms with E-state index in [0.717, 1.165) is 38.9 Å². The van der Waals surface area contributed by atoms with Crippen LogP contribution < -0.4 is 15.4 Å². The van der Waals surface area contributed by atoms with Gasteiger partial charge in [-0.1, -0.05) is 121 Å². The lowest BCUT2D eigenvalue weighted by Crippen LogP contribution is -2.53. The van der Waals surface area contributed by atoms with Crippen molar-refractivity contribution in [3.8, 4) is 16.9 Å². The lowest BCUT2D eigenvalue weighted by atomic mass is 9.98. The van der Waals surface area contributed by atoms with Gasteiger partial charge in [0.05, 0.1) is 7.11 Å². The third kappa shape index (κ3) is 8.34. The highest BCUT2D eigenvalue weighted by Gasteiger charge is 2.31. The zero-order valence-corrected chi connectivity index (χ0v) is 27.2. The van der Waals surface area contributed by atoms with Crippen LogP contribution in [0.4, 0.5) is 4.79 Å². The molecule has 2 atom stereocenters. The Morgan fingerprint density at radius 1 is 0.612 bits per heavy atom. The molecular formula is C41H38N2O6. The highest BCUT2D eigenvalue weighted by molar-refractivity contribution is 5.90. The van der Waals surface area contributed by atoms with Gasteiger partial charge in [-0.15, -0.1) is 0 Å². The fraction of sp³-hybridized carbons (Fsp3) is 0.195. The van der Waals surface area contributed by atoms with E-state index in [4.69, 9.17) is 14.2 Å². The summed E-state index contributed by atoms with van der Waals surface area (Å²) in [5.74, 6) is -0.587. The summed E-state index contributed by atoms with van der Waals surface area (Å²) in [5, 5.41) is 5.57. The summed E-state index contributed by atoms with van der Waals surface area (Å²) in [5.41, 5.74) is 7.09. The van der Waals surface area contributed by atoms with Gasteiger partial charge in [0.1, 0.15) is 31.0 Å².